The summed E-state index contributed by atoms with van der Waals surface area (Å²) >= 11 is 0. The van der Waals surface area contributed by atoms with E-state index in [2.05, 4.69) is 55.6 Å². The van der Waals surface area contributed by atoms with E-state index in [0.717, 1.165) is 17.7 Å². The van der Waals surface area contributed by atoms with Crippen LogP contribution in [0.3, 0.4) is 0 Å². The average Bonchev–Trinajstić information content (AvgIpc) is 2.72. The van der Waals surface area contributed by atoms with E-state index in [1.807, 2.05) is 0 Å². The highest BCUT2D eigenvalue weighted by Gasteiger charge is 2.46. The first kappa shape index (κ1) is 12.4. The summed E-state index contributed by atoms with van der Waals surface area (Å²) in [6.45, 7) is 6.38. The number of nitrogens with zero attached hydrogens (tertiary/aromatic N) is 1. The van der Waals surface area contributed by atoms with Gasteiger partial charge in [-0.15, -0.1) is 0 Å². The van der Waals surface area contributed by atoms with Gasteiger partial charge in [0, 0.05) is 6.42 Å². The van der Waals surface area contributed by atoms with E-state index in [1.165, 1.54) is 5.56 Å². The van der Waals surface area contributed by atoms with Crippen molar-refractivity contribution in [3.8, 4) is 0 Å². The van der Waals surface area contributed by atoms with Gasteiger partial charge in [-0.2, -0.15) is 5.10 Å². The molecule has 0 bridgehead atoms. The second kappa shape index (κ2) is 4.19. The van der Waals surface area contributed by atoms with Gasteiger partial charge in [0.1, 0.15) is 5.78 Å². The molecule has 3 rings (SSSR count). The Morgan fingerprint density at radius 1 is 1.26 bits per heavy atom. The van der Waals surface area contributed by atoms with Crippen molar-refractivity contribution >= 4 is 11.5 Å². The van der Waals surface area contributed by atoms with Gasteiger partial charge in [0.2, 0.25) is 0 Å². The lowest BCUT2D eigenvalue weighted by Crippen LogP contribution is -2.45. The average molecular weight is 256 g/mol. The summed E-state index contributed by atoms with van der Waals surface area (Å²) in [6.07, 6.45) is 1.66. The largest absolute Gasteiger partial charge is 0.306 e. The smallest absolute Gasteiger partial charge is 0.144 e. The fourth-order valence-electron chi connectivity index (χ4n) is 3.25. The SMILES string of the molecule is Cc1ccc(C2=NN[C@H]3CC(C)(C)CC(=O)[C@@H]23)cc1. The Bertz CT molecular complexity index is 542. The molecule has 2 atom stereocenters. The molecule has 3 heteroatoms. The molecule has 2 aliphatic rings. The van der Waals surface area contributed by atoms with Crippen LogP contribution in [0.2, 0.25) is 0 Å². The van der Waals surface area contributed by atoms with Crippen molar-refractivity contribution in [3.05, 3.63) is 35.4 Å². The number of hydrogen-bond acceptors (Lipinski definition) is 3. The topological polar surface area (TPSA) is 41.5 Å². The number of carbonyl (C=O) groups is 1. The number of Topliss-reactive ketones (excluding diaryl/α,β-unsaturated/α-hetero) is 1. The first-order valence-corrected chi connectivity index (χ1v) is 6.89. The van der Waals surface area contributed by atoms with E-state index >= 15 is 0 Å². The fraction of sp³-hybridized carbons (Fsp3) is 0.500. The van der Waals surface area contributed by atoms with E-state index in [4.69, 9.17) is 0 Å². The molecule has 100 valence electrons. The molecule has 1 fully saturated rings. The minimum Gasteiger partial charge on any atom is -0.306 e. The first-order chi connectivity index (χ1) is 8.96. The number of benzene rings is 1. The lowest BCUT2D eigenvalue weighted by molar-refractivity contribution is -0.126. The highest BCUT2D eigenvalue weighted by Crippen LogP contribution is 2.39. The van der Waals surface area contributed by atoms with Crippen LogP contribution in [0.15, 0.2) is 29.4 Å². The van der Waals surface area contributed by atoms with E-state index < -0.39 is 0 Å². The second-order valence-electron chi connectivity index (χ2n) is 6.59. The van der Waals surface area contributed by atoms with Gasteiger partial charge in [-0.05, 0) is 24.3 Å². The summed E-state index contributed by atoms with van der Waals surface area (Å²) in [7, 11) is 0. The Labute approximate surface area is 114 Å². The van der Waals surface area contributed by atoms with Crippen molar-refractivity contribution in [2.24, 2.45) is 16.4 Å². The zero-order chi connectivity index (χ0) is 13.6. The van der Waals surface area contributed by atoms with E-state index in [9.17, 15) is 4.79 Å². The number of rotatable bonds is 1. The van der Waals surface area contributed by atoms with Crippen molar-refractivity contribution < 1.29 is 4.79 Å². The molecule has 19 heavy (non-hydrogen) atoms. The Morgan fingerprint density at radius 3 is 2.63 bits per heavy atom. The highest BCUT2D eigenvalue weighted by molar-refractivity contribution is 6.15. The fourth-order valence-corrected chi connectivity index (χ4v) is 3.25. The number of nitrogens with one attached hydrogen (secondary N) is 1. The molecular formula is C16H20N2O. The molecule has 0 unspecified atom stereocenters. The second-order valence-corrected chi connectivity index (χ2v) is 6.59. The lowest BCUT2D eigenvalue weighted by atomic mass is 9.68. The van der Waals surface area contributed by atoms with Gasteiger partial charge in [0.25, 0.3) is 0 Å². The van der Waals surface area contributed by atoms with Gasteiger partial charge < -0.3 is 5.43 Å². The number of hydrazone groups is 1. The van der Waals surface area contributed by atoms with Crippen LogP contribution in [0.1, 0.15) is 37.8 Å². The number of aryl methyl sites for hydroxylation is 1. The van der Waals surface area contributed by atoms with Crippen molar-refractivity contribution in [1.29, 1.82) is 0 Å². The van der Waals surface area contributed by atoms with Gasteiger partial charge in [0.05, 0.1) is 17.7 Å². The predicted octanol–water partition coefficient (Wildman–Crippen LogP) is 2.68. The molecule has 0 spiro atoms. The maximum atomic E-state index is 12.4. The number of fused-ring (bicyclic) bond motifs is 1. The summed E-state index contributed by atoms with van der Waals surface area (Å²) in [5, 5.41) is 4.44. The van der Waals surface area contributed by atoms with E-state index in [1.54, 1.807) is 0 Å². The van der Waals surface area contributed by atoms with Gasteiger partial charge in [-0.25, -0.2) is 0 Å². The van der Waals surface area contributed by atoms with Gasteiger partial charge in [-0.3, -0.25) is 4.79 Å². The minimum absolute atomic E-state index is 0.0595. The zero-order valence-electron chi connectivity index (χ0n) is 11.7. The van der Waals surface area contributed by atoms with E-state index in [0.29, 0.717) is 12.2 Å². The van der Waals surface area contributed by atoms with Crippen LogP contribution in [0.4, 0.5) is 0 Å². The third-order valence-electron chi connectivity index (χ3n) is 4.17. The van der Waals surface area contributed by atoms with Crippen molar-refractivity contribution in [2.75, 3.05) is 0 Å². The van der Waals surface area contributed by atoms with Gasteiger partial charge in [-0.1, -0.05) is 43.7 Å². The van der Waals surface area contributed by atoms with Crippen LogP contribution in [0.5, 0.6) is 0 Å². The maximum absolute atomic E-state index is 12.4. The molecule has 1 aromatic rings. The quantitative estimate of drug-likeness (QED) is 0.839. The Kier molecular flexibility index (Phi) is 2.73. The molecule has 1 heterocycles. The molecule has 0 amide bonds. The number of carbonyl (C=O) groups excluding carboxylic acids is 1. The molecule has 1 aromatic carbocycles. The molecule has 1 saturated carbocycles. The Morgan fingerprint density at radius 2 is 1.95 bits per heavy atom. The monoisotopic (exact) mass is 256 g/mol. The zero-order valence-corrected chi connectivity index (χ0v) is 11.7. The molecule has 1 aliphatic carbocycles. The summed E-state index contributed by atoms with van der Waals surface area (Å²) in [5.41, 5.74) is 6.48. The van der Waals surface area contributed by atoms with Crippen LogP contribution in [-0.4, -0.2) is 17.5 Å². The van der Waals surface area contributed by atoms with Crippen molar-refractivity contribution in [1.82, 2.24) is 5.43 Å². The minimum atomic E-state index is -0.0595. The molecule has 0 aromatic heterocycles. The molecular weight excluding hydrogens is 236 g/mol. The van der Waals surface area contributed by atoms with Crippen LogP contribution < -0.4 is 5.43 Å². The first-order valence-electron chi connectivity index (χ1n) is 6.89. The summed E-state index contributed by atoms with van der Waals surface area (Å²) < 4.78 is 0. The third-order valence-corrected chi connectivity index (χ3v) is 4.17. The molecule has 0 radical (unpaired) electrons. The normalized spacial score (nSPS) is 28.6. The maximum Gasteiger partial charge on any atom is 0.144 e. The molecule has 3 nitrogen and oxygen atoms in total. The summed E-state index contributed by atoms with van der Waals surface area (Å²) in [6, 6.07) is 8.44. The predicted molar refractivity (Wildman–Crippen MR) is 76.2 cm³/mol. The van der Waals surface area contributed by atoms with Crippen LogP contribution >= 0.6 is 0 Å². The van der Waals surface area contributed by atoms with Gasteiger partial charge in [0.15, 0.2) is 0 Å². The molecule has 1 N–H and O–H groups in total. The Balaban J connectivity index is 1.90. The standard InChI is InChI=1S/C16H20N2O/c1-10-4-6-11(7-5-10)15-14-12(17-18-15)8-16(2,3)9-13(14)19/h4-7,12,14,17H,8-9H2,1-3H3/t12-,14-/m0/s1. The third kappa shape index (κ3) is 2.18. The van der Waals surface area contributed by atoms with E-state index in [-0.39, 0.29) is 17.4 Å². The summed E-state index contributed by atoms with van der Waals surface area (Å²) in [4.78, 5) is 12.4. The Hall–Kier alpha value is -1.64. The van der Waals surface area contributed by atoms with Gasteiger partial charge >= 0.3 is 0 Å². The van der Waals surface area contributed by atoms with Crippen LogP contribution in [0, 0.1) is 18.3 Å². The number of hydrogen-bond donors (Lipinski definition) is 1. The summed E-state index contributed by atoms with van der Waals surface area (Å²) in [5.74, 6) is 0.265. The van der Waals surface area contributed by atoms with Crippen LogP contribution in [0.25, 0.3) is 0 Å². The highest BCUT2D eigenvalue weighted by atomic mass is 16.1. The lowest BCUT2D eigenvalue weighted by Gasteiger charge is -2.36. The molecule has 1 aliphatic heterocycles. The number of ketones is 1. The van der Waals surface area contributed by atoms with Crippen molar-refractivity contribution in [2.45, 2.75) is 39.7 Å². The molecule has 0 saturated heterocycles. The van der Waals surface area contributed by atoms with Crippen molar-refractivity contribution in [3.63, 3.8) is 0 Å². The van der Waals surface area contributed by atoms with Crippen LogP contribution in [-0.2, 0) is 4.79 Å².